The SMILES string of the molecule is CCCC[C@H](NC(=O)[C@@H](NC(=O)[C@H](Cc1ccc(O)cc1)NC(=O)[C@H](CO)NC(=O)[C@H](CO)CC(=O)CNC(=O)CCCCCCCCCCCCCCC(=O)O)[C@@H](C)O)C(=O)N[C@H]1CCC(=O)NCCCC[C@@H](C(N)=O)NC(=O)[C@H](Cc2c[nH]c3ccccc23)NC(=O)[C@H](CCCNC(=N)N)NC(=O)[C@@H](Cc2ccccc2)NC(=O)[C@@H]2C[C@@H](O)CN2C1=O. The van der Waals surface area contributed by atoms with Gasteiger partial charge in [-0.1, -0.05) is 145 Å². The van der Waals surface area contributed by atoms with Crippen LogP contribution in [0.4, 0.5) is 0 Å². The van der Waals surface area contributed by atoms with Crippen molar-refractivity contribution in [1.29, 1.82) is 5.41 Å². The molecule has 38 nitrogen and oxygen atoms in total. The average molecular weight is 1740 g/mol. The molecule has 24 N–H and O–H groups in total. The Bertz CT molecular complexity index is 4190. The number of nitrogens with two attached hydrogens (primary N) is 2. The first kappa shape index (κ1) is 101. The number of primary amides is 1. The molecule has 13 atom stereocenters. The van der Waals surface area contributed by atoms with Crippen molar-refractivity contribution >= 4 is 105 Å². The van der Waals surface area contributed by atoms with Crippen LogP contribution in [0.1, 0.15) is 197 Å². The number of amides is 13. The van der Waals surface area contributed by atoms with E-state index in [1.54, 1.807) is 55.6 Å². The van der Waals surface area contributed by atoms with E-state index in [4.69, 9.17) is 22.0 Å². The molecule has 13 amide bonds. The largest absolute Gasteiger partial charge is 0.508 e. The Kier molecular flexibility index (Phi) is 44.1. The topological polar surface area (TPSA) is 617 Å². The van der Waals surface area contributed by atoms with Crippen molar-refractivity contribution in [2.75, 3.05) is 39.4 Å². The first-order chi connectivity index (χ1) is 59.4. The van der Waals surface area contributed by atoms with Crippen LogP contribution < -0.4 is 75.3 Å². The zero-order valence-corrected chi connectivity index (χ0v) is 70.7. The highest BCUT2D eigenvalue weighted by molar-refractivity contribution is 6.00. The fourth-order valence-electron chi connectivity index (χ4n) is 14.7. The number of phenols is 1. The number of nitrogens with one attached hydrogen (secondary N) is 14. The summed E-state index contributed by atoms with van der Waals surface area (Å²) in [7, 11) is 0. The van der Waals surface area contributed by atoms with E-state index in [1.165, 1.54) is 24.3 Å². The summed E-state index contributed by atoms with van der Waals surface area (Å²) in [5, 5.41) is 102. The quantitative estimate of drug-likeness (QED) is 0.0155. The molecule has 0 saturated carbocycles. The van der Waals surface area contributed by atoms with Gasteiger partial charge in [-0.3, -0.25) is 77.3 Å². The van der Waals surface area contributed by atoms with Gasteiger partial charge in [-0.25, -0.2) is 0 Å². The zero-order chi connectivity index (χ0) is 90.6. The Balaban J connectivity index is 1.18. The number of aromatic nitrogens is 1. The third kappa shape index (κ3) is 35.7. The lowest BCUT2D eigenvalue weighted by molar-refractivity contribution is -0.143. The number of H-pyrrole nitrogens is 1. The van der Waals surface area contributed by atoms with Gasteiger partial charge in [0.05, 0.1) is 37.9 Å². The summed E-state index contributed by atoms with van der Waals surface area (Å²) in [6.07, 6.45) is 8.32. The standard InChI is InChI=1S/C86H127N17O21/c1-3-4-28-63(96-84(123)74(52(2)106)102-81(120)67(43-54-34-36-57(107)37-35-54)98-82(121)69(51-105)101-76(115)56(50-104)44-58(108)48-93-71(110)32-18-13-11-9-7-5-6-8-10-12-14-19-33-73(112)113)77(116)97-65-38-39-72(111)90-40-23-22-30-62(75(87)114)94-80(119)68(45-55-47-92-61-29-21-20-27-60(55)61)99-78(117)64(31-24-41-91-86(88)89)95-79(118)66(42-53-25-16-15-17-26-53)100-83(122)70-46-59(109)49-103(70)85(65)124/h15-17,20-21,25-27,29,34-37,47,52,56,59,62-70,74,92,104-107,109H,3-14,18-19,22-24,28,30-33,38-46,48-51H2,1-2H3,(H2,87,114)(H,90,111)(H,93,110)(H,94,119)(H,95,118)(H,96,123)(H,97,116)(H,98,121)(H,99,117)(H,100,122)(H,101,115)(H,102,120)(H,112,113)(H4,88,89,91)/t52-,56+,59-,62+,63+,64+,65+,66-,67+,68+,69+,70+,74+/m1/s1. The van der Waals surface area contributed by atoms with Crippen LogP contribution in [0.3, 0.4) is 0 Å². The minimum atomic E-state index is -1.94. The number of hydrogen-bond donors (Lipinski definition) is 22. The Labute approximate surface area is 720 Å². The minimum absolute atomic E-state index is 0.0196. The normalized spacial score (nSPS) is 19.8. The molecule has 0 aliphatic carbocycles. The lowest BCUT2D eigenvalue weighted by Gasteiger charge is -2.31. The molecule has 2 aliphatic heterocycles. The number of phenolic OH excluding ortho intramolecular Hbond substituents is 1. The van der Waals surface area contributed by atoms with Gasteiger partial charge in [0.2, 0.25) is 76.8 Å². The predicted molar refractivity (Wildman–Crippen MR) is 456 cm³/mol. The summed E-state index contributed by atoms with van der Waals surface area (Å²) < 4.78 is 0. The van der Waals surface area contributed by atoms with Gasteiger partial charge in [0, 0.05) is 88.1 Å². The summed E-state index contributed by atoms with van der Waals surface area (Å²) in [6.45, 7) is -0.0546. The number of carboxylic acids is 1. The van der Waals surface area contributed by atoms with E-state index in [2.05, 4.69) is 68.8 Å². The first-order valence-corrected chi connectivity index (χ1v) is 43.0. The Hall–Kier alpha value is -11.6. The highest BCUT2D eigenvalue weighted by Crippen LogP contribution is 2.25. The van der Waals surface area contributed by atoms with Crippen LogP contribution >= 0.6 is 0 Å². The highest BCUT2D eigenvalue weighted by Gasteiger charge is 2.44. The van der Waals surface area contributed by atoms with Crippen molar-refractivity contribution in [2.24, 2.45) is 17.4 Å². The number of aliphatic carboxylic acids is 1. The maximum Gasteiger partial charge on any atom is 0.303 e. The average Bonchev–Trinajstić information content (AvgIpc) is 1.63. The molecule has 0 bridgehead atoms. The summed E-state index contributed by atoms with van der Waals surface area (Å²) in [5.74, 6) is -15.6. The summed E-state index contributed by atoms with van der Waals surface area (Å²) in [5.41, 5.74) is 13.6. The van der Waals surface area contributed by atoms with E-state index in [0.717, 1.165) is 86.9 Å². The highest BCUT2D eigenvalue weighted by atomic mass is 16.4. The Morgan fingerprint density at radius 1 is 0.613 bits per heavy atom. The molecular weight excluding hydrogens is 1610 g/mol. The number of rotatable bonds is 46. The Morgan fingerprint density at radius 2 is 1.21 bits per heavy atom. The van der Waals surface area contributed by atoms with E-state index >= 15 is 9.59 Å². The van der Waals surface area contributed by atoms with Gasteiger partial charge in [0.15, 0.2) is 11.7 Å². The number of Topliss-reactive ketones (excluding diaryl/α,β-unsaturated/α-hetero) is 1. The molecule has 4 aromatic rings. The van der Waals surface area contributed by atoms with Crippen LogP contribution in [0, 0.1) is 11.3 Å². The molecule has 6 rings (SSSR count). The summed E-state index contributed by atoms with van der Waals surface area (Å²) in [6, 6.07) is 4.85. The van der Waals surface area contributed by atoms with Gasteiger partial charge >= 0.3 is 5.97 Å². The number of fused-ring (bicyclic) bond motifs is 2. The van der Waals surface area contributed by atoms with Gasteiger partial charge in [-0.2, -0.15) is 0 Å². The molecule has 3 heterocycles. The van der Waals surface area contributed by atoms with Crippen LogP contribution in [0.15, 0.2) is 85.1 Å². The number of aliphatic hydroxyl groups excluding tert-OH is 4. The molecule has 682 valence electrons. The molecule has 0 unspecified atom stereocenters. The Morgan fingerprint density at radius 3 is 1.85 bits per heavy atom. The van der Waals surface area contributed by atoms with Crippen LogP contribution in [0.2, 0.25) is 0 Å². The first-order valence-electron chi connectivity index (χ1n) is 43.0. The second-order valence-corrected chi connectivity index (χ2v) is 31.9. The van der Waals surface area contributed by atoms with Crippen molar-refractivity contribution in [1.82, 2.24) is 73.7 Å². The number of carbonyl (C=O) groups is 15. The third-order valence-corrected chi connectivity index (χ3v) is 21.8. The number of aromatic amines is 1. The molecule has 38 heteroatoms. The molecule has 2 aliphatic rings. The van der Waals surface area contributed by atoms with Crippen molar-refractivity contribution in [3.05, 3.63) is 102 Å². The molecule has 124 heavy (non-hydrogen) atoms. The number of ketones is 1. The minimum Gasteiger partial charge on any atom is -0.508 e. The molecule has 0 spiro atoms. The zero-order valence-electron chi connectivity index (χ0n) is 70.7. The van der Waals surface area contributed by atoms with Gasteiger partial charge in [0.25, 0.3) is 0 Å². The number of unbranched alkanes of at least 4 members (excludes halogenated alkanes) is 12. The number of para-hydroxylation sites is 1. The van der Waals surface area contributed by atoms with E-state index < -0.39 is 225 Å². The van der Waals surface area contributed by atoms with Gasteiger partial charge in [-0.15, -0.1) is 0 Å². The smallest absolute Gasteiger partial charge is 0.303 e. The van der Waals surface area contributed by atoms with Crippen molar-refractivity contribution in [3.63, 3.8) is 0 Å². The van der Waals surface area contributed by atoms with Crippen LogP contribution in [0.25, 0.3) is 10.9 Å². The summed E-state index contributed by atoms with van der Waals surface area (Å²) in [4.78, 5) is 214. The van der Waals surface area contributed by atoms with Crippen molar-refractivity contribution in [2.45, 2.75) is 273 Å². The fraction of sp³-hybridized carbons (Fsp3) is 0.581. The lowest BCUT2D eigenvalue weighted by Crippen LogP contribution is -2.62. The van der Waals surface area contributed by atoms with E-state index in [-0.39, 0.29) is 95.4 Å². The fourth-order valence-corrected chi connectivity index (χ4v) is 14.7. The van der Waals surface area contributed by atoms with Crippen LogP contribution in [-0.2, 0) is 91.2 Å². The third-order valence-electron chi connectivity index (χ3n) is 21.8. The van der Waals surface area contributed by atoms with E-state index in [1.807, 2.05) is 12.1 Å². The molecular formula is C86H127N17O21. The van der Waals surface area contributed by atoms with E-state index in [0.29, 0.717) is 36.0 Å². The van der Waals surface area contributed by atoms with E-state index in [9.17, 15) is 87.9 Å². The van der Waals surface area contributed by atoms with Crippen molar-refractivity contribution < 1.29 is 103 Å². The molecule has 0 radical (unpaired) electrons. The van der Waals surface area contributed by atoms with Gasteiger partial charge in [0.1, 0.15) is 66.2 Å². The molecule has 1 aromatic heterocycles. The number of aromatic hydroxyl groups is 1. The molecule has 2 saturated heterocycles. The maximum absolute atomic E-state index is 15.3. The number of guanidine groups is 1. The summed E-state index contributed by atoms with van der Waals surface area (Å²) >= 11 is 0. The molecule has 3 aromatic carbocycles. The number of nitrogens with zero attached hydrogens (tertiary/aromatic N) is 1. The number of carbonyl (C=O) groups excluding carboxylic acids is 14. The maximum atomic E-state index is 15.3. The molecule has 2 fully saturated rings. The second kappa shape index (κ2) is 54.1. The predicted octanol–water partition coefficient (Wildman–Crippen LogP) is -0.152. The number of carboxylic acid groups (broad SMARTS) is 1. The van der Waals surface area contributed by atoms with Crippen LogP contribution in [0.5, 0.6) is 5.75 Å². The monoisotopic (exact) mass is 1730 g/mol. The van der Waals surface area contributed by atoms with Gasteiger partial charge in [-0.05, 0) is 99.6 Å². The van der Waals surface area contributed by atoms with Gasteiger partial charge < -0.3 is 116 Å². The number of aliphatic hydroxyl groups is 4. The second-order valence-electron chi connectivity index (χ2n) is 31.9. The lowest BCUT2D eigenvalue weighted by atomic mass is 10.0. The number of benzene rings is 3. The number of hydrogen-bond acceptors (Lipinski definition) is 21. The van der Waals surface area contributed by atoms with Crippen LogP contribution in [-0.4, -0.2) is 247 Å². The van der Waals surface area contributed by atoms with Crippen molar-refractivity contribution in [3.8, 4) is 5.75 Å².